The highest BCUT2D eigenvalue weighted by Crippen LogP contribution is 2.23. The van der Waals surface area contributed by atoms with Crippen LogP contribution in [-0.2, 0) is 11.3 Å². The summed E-state index contributed by atoms with van der Waals surface area (Å²) >= 11 is 0. The fourth-order valence-corrected chi connectivity index (χ4v) is 1.72. The Morgan fingerprint density at radius 2 is 2.19 bits per heavy atom. The predicted octanol–water partition coefficient (Wildman–Crippen LogP) is 3.38. The fourth-order valence-electron chi connectivity index (χ4n) is 1.72. The topological polar surface area (TPSA) is 56.3 Å². The summed E-state index contributed by atoms with van der Waals surface area (Å²) in [5.41, 5.74) is 0.939. The van der Waals surface area contributed by atoms with Gasteiger partial charge in [-0.25, -0.2) is 4.98 Å². The molecule has 0 atom stereocenters. The van der Waals surface area contributed by atoms with E-state index in [0.29, 0.717) is 24.8 Å². The summed E-state index contributed by atoms with van der Waals surface area (Å²) in [5, 5.41) is 2.99. The highest BCUT2D eigenvalue weighted by atomic mass is 19.1. The van der Waals surface area contributed by atoms with E-state index < -0.39 is 5.82 Å². The molecule has 0 fully saturated rings. The minimum absolute atomic E-state index is 0.0989. The molecule has 0 aliphatic rings. The maximum absolute atomic E-state index is 13.7. The van der Waals surface area contributed by atoms with Crippen molar-refractivity contribution < 1.29 is 13.9 Å². The van der Waals surface area contributed by atoms with Gasteiger partial charge in [-0.15, -0.1) is 0 Å². The number of halogens is 1. The average Bonchev–Trinajstić information content (AvgIpc) is 2.49. The zero-order valence-electron chi connectivity index (χ0n) is 12.1. The van der Waals surface area contributed by atoms with Crippen molar-refractivity contribution in [3.63, 3.8) is 0 Å². The number of ether oxygens (including phenoxy) is 2. The number of methoxy groups -OCH3 is 1. The van der Waals surface area contributed by atoms with Gasteiger partial charge in [-0.1, -0.05) is 19.1 Å². The summed E-state index contributed by atoms with van der Waals surface area (Å²) in [6, 6.07) is 7.24. The van der Waals surface area contributed by atoms with E-state index in [1.54, 1.807) is 19.2 Å². The van der Waals surface area contributed by atoms with Crippen molar-refractivity contribution in [3.05, 3.63) is 41.8 Å². The molecule has 0 aliphatic carbocycles. The van der Waals surface area contributed by atoms with Gasteiger partial charge in [0.25, 0.3) is 5.88 Å². The first kappa shape index (κ1) is 15.2. The lowest BCUT2D eigenvalue weighted by atomic mass is 10.2. The van der Waals surface area contributed by atoms with E-state index in [1.807, 2.05) is 19.1 Å². The molecule has 112 valence electrons. The van der Waals surface area contributed by atoms with Crippen LogP contribution in [0.2, 0.25) is 0 Å². The molecule has 2 rings (SSSR count). The first-order valence-electron chi connectivity index (χ1n) is 6.75. The second kappa shape index (κ2) is 7.54. The Labute approximate surface area is 123 Å². The third-order valence-corrected chi connectivity index (χ3v) is 2.67. The lowest BCUT2D eigenvalue weighted by Gasteiger charge is -2.09. The molecule has 0 aliphatic heterocycles. The van der Waals surface area contributed by atoms with Crippen LogP contribution >= 0.6 is 0 Å². The lowest BCUT2D eigenvalue weighted by molar-refractivity contribution is 0.184. The predicted molar refractivity (Wildman–Crippen MR) is 78.0 cm³/mol. The van der Waals surface area contributed by atoms with Crippen LogP contribution in [0.5, 0.6) is 11.6 Å². The maximum Gasteiger partial charge on any atom is 0.260 e. The van der Waals surface area contributed by atoms with E-state index >= 15 is 0 Å². The largest absolute Gasteiger partial charge is 0.436 e. The third-order valence-electron chi connectivity index (χ3n) is 2.67. The molecule has 0 saturated heterocycles. The molecule has 0 radical (unpaired) electrons. The van der Waals surface area contributed by atoms with Gasteiger partial charge in [-0.05, 0) is 24.1 Å². The lowest BCUT2D eigenvalue weighted by Crippen LogP contribution is -2.05. The van der Waals surface area contributed by atoms with Gasteiger partial charge in [0.05, 0.1) is 12.8 Å². The number of hydrogen-bond donors (Lipinski definition) is 1. The number of hydrogen-bond acceptors (Lipinski definition) is 5. The molecule has 2 aromatic rings. The summed E-state index contributed by atoms with van der Waals surface area (Å²) in [6.07, 6.45) is 2.02. The first-order chi connectivity index (χ1) is 10.2. The van der Waals surface area contributed by atoms with E-state index in [-0.39, 0.29) is 5.88 Å². The molecule has 1 heterocycles. The van der Waals surface area contributed by atoms with E-state index in [4.69, 9.17) is 9.47 Å². The minimum Gasteiger partial charge on any atom is -0.436 e. The molecule has 6 heteroatoms. The Morgan fingerprint density at radius 1 is 1.33 bits per heavy atom. The summed E-state index contributed by atoms with van der Waals surface area (Å²) in [6.45, 7) is 3.20. The van der Waals surface area contributed by atoms with Gasteiger partial charge >= 0.3 is 0 Å². The van der Waals surface area contributed by atoms with Crippen LogP contribution in [0.1, 0.15) is 18.9 Å². The standard InChI is InChI=1S/C15H18FN3O2/c1-3-7-17-15-18-9-13(16)14(19-15)21-12-6-4-5-11(8-12)10-20-2/h4-6,8-9H,3,7,10H2,1-2H3,(H,17,18,19). The van der Waals surface area contributed by atoms with E-state index in [0.717, 1.165) is 18.2 Å². The molecule has 0 unspecified atom stereocenters. The van der Waals surface area contributed by atoms with Gasteiger partial charge < -0.3 is 14.8 Å². The second-order valence-electron chi connectivity index (χ2n) is 4.46. The zero-order valence-corrected chi connectivity index (χ0v) is 12.1. The van der Waals surface area contributed by atoms with Crippen molar-refractivity contribution >= 4 is 5.95 Å². The Balaban J connectivity index is 2.16. The quantitative estimate of drug-likeness (QED) is 0.847. The van der Waals surface area contributed by atoms with Crippen LogP contribution in [0.25, 0.3) is 0 Å². The van der Waals surface area contributed by atoms with Gasteiger partial charge in [0.15, 0.2) is 0 Å². The summed E-state index contributed by atoms with van der Waals surface area (Å²) < 4.78 is 24.3. The first-order valence-corrected chi connectivity index (χ1v) is 6.75. The Hall–Kier alpha value is -2.21. The van der Waals surface area contributed by atoms with Gasteiger partial charge in [0.1, 0.15) is 5.75 Å². The van der Waals surface area contributed by atoms with E-state index in [9.17, 15) is 4.39 Å². The Bertz CT molecular complexity index is 593. The van der Waals surface area contributed by atoms with Crippen LogP contribution in [0.3, 0.4) is 0 Å². The van der Waals surface area contributed by atoms with Crippen LogP contribution in [0.4, 0.5) is 10.3 Å². The van der Waals surface area contributed by atoms with Gasteiger partial charge in [-0.2, -0.15) is 9.37 Å². The van der Waals surface area contributed by atoms with E-state index in [2.05, 4.69) is 15.3 Å². The Morgan fingerprint density at radius 3 is 2.95 bits per heavy atom. The zero-order chi connectivity index (χ0) is 15.1. The SMILES string of the molecule is CCCNc1ncc(F)c(Oc2cccc(COC)c2)n1. The molecule has 1 N–H and O–H groups in total. The van der Waals surface area contributed by atoms with Gasteiger partial charge in [0, 0.05) is 13.7 Å². The highest BCUT2D eigenvalue weighted by molar-refractivity contribution is 5.34. The summed E-state index contributed by atoms with van der Waals surface area (Å²) in [7, 11) is 1.61. The van der Waals surface area contributed by atoms with Crippen LogP contribution < -0.4 is 10.1 Å². The van der Waals surface area contributed by atoms with Crippen molar-refractivity contribution in [2.24, 2.45) is 0 Å². The second-order valence-corrected chi connectivity index (χ2v) is 4.46. The van der Waals surface area contributed by atoms with Gasteiger partial charge in [0.2, 0.25) is 11.8 Å². The molecule has 0 amide bonds. The van der Waals surface area contributed by atoms with Crippen molar-refractivity contribution in [2.45, 2.75) is 20.0 Å². The number of aromatic nitrogens is 2. The van der Waals surface area contributed by atoms with Crippen LogP contribution in [-0.4, -0.2) is 23.6 Å². The smallest absolute Gasteiger partial charge is 0.260 e. The molecule has 5 nitrogen and oxygen atoms in total. The molecule has 1 aromatic heterocycles. The molecular formula is C15H18FN3O2. The monoisotopic (exact) mass is 291 g/mol. The molecule has 0 bridgehead atoms. The molecule has 0 spiro atoms. The number of rotatable bonds is 7. The van der Waals surface area contributed by atoms with Crippen molar-refractivity contribution in [1.82, 2.24) is 9.97 Å². The number of anilines is 1. The molecule has 21 heavy (non-hydrogen) atoms. The number of nitrogens with zero attached hydrogens (tertiary/aromatic N) is 2. The molecule has 0 saturated carbocycles. The summed E-state index contributed by atoms with van der Waals surface area (Å²) in [5.74, 6) is 0.150. The van der Waals surface area contributed by atoms with Crippen molar-refractivity contribution in [2.75, 3.05) is 19.0 Å². The minimum atomic E-state index is -0.603. The normalized spacial score (nSPS) is 10.4. The van der Waals surface area contributed by atoms with Gasteiger partial charge in [-0.3, -0.25) is 0 Å². The van der Waals surface area contributed by atoms with E-state index in [1.165, 1.54) is 0 Å². The number of nitrogens with one attached hydrogen (secondary N) is 1. The maximum atomic E-state index is 13.7. The molecular weight excluding hydrogens is 273 g/mol. The average molecular weight is 291 g/mol. The number of benzene rings is 1. The summed E-state index contributed by atoms with van der Waals surface area (Å²) in [4.78, 5) is 7.90. The molecule has 1 aromatic carbocycles. The van der Waals surface area contributed by atoms with Crippen molar-refractivity contribution in [1.29, 1.82) is 0 Å². The third kappa shape index (κ3) is 4.39. The fraction of sp³-hybridized carbons (Fsp3) is 0.333. The Kier molecular flexibility index (Phi) is 5.45. The van der Waals surface area contributed by atoms with Crippen molar-refractivity contribution in [3.8, 4) is 11.6 Å². The van der Waals surface area contributed by atoms with Crippen LogP contribution in [0.15, 0.2) is 30.5 Å². The highest BCUT2D eigenvalue weighted by Gasteiger charge is 2.09. The van der Waals surface area contributed by atoms with Crippen LogP contribution in [0, 0.1) is 5.82 Å².